The normalized spacial score (nSPS) is 48.6. The zero-order chi connectivity index (χ0) is 27.2. The second-order valence-corrected chi connectivity index (χ2v) is 13.3. The number of carbonyl (C=O) groups excluding carboxylic acids is 3. The molecular formula is C30H38O8. The lowest BCUT2D eigenvalue weighted by Gasteiger charge is -2.60. The van der Waals surface area contributed by atoms with Gasteiger partial charge in [-0.15, -0.1) is 0 Å². The lowest BCUT2D eigenvalue weighted by atomic mass is 9.45. The third-order valence-corrected chi connectivity index (χ3v) is 11.9. The van der Waals surface area contributed by atoms with Gasteiger partial charge in [0.25, 0.3) is 0 Å². The van der Waals surface area contributed by atoms with Crippen molar-refractivity contribution in [3.8, 4) is 0 Å². The standard InChI is InChI=1S/C30H38O8/c1-28-9-7-18(31)12-17(28)5-6-19-20-8-10-30(37,29(20,2)13-21(32)25(19)28)22(33)14-38-27(36)24-16-4-3-15(11-16)23(24)26(34)35/h3-4,12,15-16,19-21,23-25,32,37H,5-11,13-14H2,1-2H3,(H,34,35)/t15-,16-,19-,20-,21+,23-,24+,25+,28-,29-,30-/m0/s1. The van der Waals surface area contributed by atoms with Crippen molar-refractivity contribution in [1.29, 1.82) is 0 Å². The van der Waals surface area contributed by atoms with Gasteiger partial charge in [0, 0.05) is 11.8 Å². The number of carbonyl (C=O) groups is 4. The van der Waals surface area contributed by atoms with Gasteiger partial charge in [-0.1, -0.05) is 31.6 Å². The van der Waals surface area contributed by atoms with E-state index >= 15 is 0 Å². The van der Waals surface area contributed by atoms with Crippen LogP contribution in [-0.2, 0) is 23.9 Å². The number of hydrogen-bond acceptors (Lipinski definition) is 7. The second kappa shape index (κ2) is 8.59. The SMILES string of the molecule is C[C@]12CCC(=O)C=C1CC[C@@H]1[C@@H]2[C@H](O)C[C@@]2(C)[C@H]1CC[C@]2(O)C(=O)COC(=O)[C@H]1[C@@H](C(=O)O)[C@H]2C=C[C@H]1C2. The highest BCUT2D eigenvalue weighted by Crippen LogP contribution is 2.67. The number of Topliss-reactive ketones (excluding diaryl/α,β-unsaturated/α-hetero) is 1. The molecule has 0 radical (unpaired) electrons. The summed E-state index contributed by atoms with van der Waals surface area (Å²) >= 11 is 0. The molecule has 11 atom stereocenters. The Bertz CT molecular complexity index is 1150. The molecule has 3 N–H and O–H groups in total. The van der Waals surface area contributed by atoms with Gasteiger partial charge in [0.15, 0.2) is 12.4 Å². The van der Waals surface area contributed by atoms with E-state index in [1.54, 1.807) is 6.08 Å². The topological polar surface area (TPSA) is 138 Å². The molecule has 0 saturated heterocycles. The summed E-state index contributed by atoms with van der Waals surface area (Å²) in [7, 11) is 0. The van der Waals surface area contributed by atoms with Crippen LogP contribution in [0.1, 0.15) is 65.2 Å². The van der Waals surface area contributed by atoms with E-state index < -0.39 is 53.3 Å². The van der Waals surface area contributed by atoms with Gasteiger partial charge < -0.3 is 20.1 Å². The first-order valence-electron chi connectivity index (χ1n) is 14.2. The first-order valence-corrected chi connectivity index (χ1v) is 14.2. The molecule has 4 saturated carbocycles. The van der Waals surface area contributed by atoms with Crippen LogP contribution in [0.3, 0.4) is 0 Å². The number of allylic oxidation sites excluding steroid dienone is 3. The van der Waals surface area contributed by atoms with E-state index in [1.807, 2.05) is 19.1 Å². The maximum absolute atomic E-state index is 13.5. The van der Waals surface area contributed by atoms with Crippen LogP contribution in [0.15, 0.2) is 23.8 Å². The molecule has 8 nitrogen and oxygen atoms in total. The minimum atomic E-state index is -1.73. The van der Waals surface area contributed by atoms with Gasteiger partial charge in [0.2, 0.25) is 5.78 Å². The van der Waals surface area contributed by atoms with Gasteiger partial charge in [-0.2, -0.15) is 0 Å². The quantitative estimate of drug-likeness (QED) is 0.367. The molecule has 6 aliphatic rings. The summed E-state index contributed by atoms with van der Waals surface area (Å²) in [5.74, 6) is -4.09. The molecule has 6 rings (SSSR count). The molecule has 0 aliphatic heterocycles. The maximum Gasteiger partial charge on any atom is 0.310 e. The first kappa shape index (κ1) is 25.9. The fourth-order valence-corrected chi connectivity index (χ4v) is 9.98. The molecular weight excluding hydrogens is 488 g/mol. The van der Waals surface area contributed by atoms with Crippen molar-refractivity contribution in [2.75, 3.05) is 6.61 Å². The third kappa shape index (κ3) is 3.41. The minimum absolute atomic E-state index is 0.0252. The van der Waals surface area contributed by atoms with Gasteiger partial charge in [-0.25, -0.2) is 0 Å². The fourth-order valence-electron chi connectivity index (χ4n) is 9.98. The highest BCUT2D eigenvalue weighted by molar-refractivity contribution is 5.92. The van der Waals surface area contributed by atoms with Gasteiger partial charge in [0.1, 0.15) is 5.60 Å². The smallest absolute Gasteiger partial charge is 0.310 e. The van der Waals surface area contributed by atoms with Crippen LogP contribution in [0.2, 0.25) is 0 Å². The molecule has 4 fully saturated rings. The number of aliphatic hydroxyl groups is 2. The summed E-state index contributed by atoms with van der Waals surface area (Å²) in [6.07, 6.45) is 9.31. The van der Waals surface area contributed by atoms with E-state index in [-0.39, 0.29) is 53.6 Å². The Hall–Kier alpha value is -2.32. The lowest BCUT2D eigenvalue weighted by Crippen LogP contribution is -2.62. The fraction of sp³-hybridized carbons (Fsp3) is 0.733. The second-order valence-electron chi connectivity index (χ2n) is 13.3. The zero-order valence-electron chi connectivity index (χ0n) is 22.1. The number of esters is 1. The number of aliphatic hydroxyl groups excluding tert-OH is 1. The number of aliphatic carboxylic acids is 1. The monoisotopic (exact) mass is 526 g/mol. The maximum atomic E-state index is 13.5. The molecule has 0 spiro atoms. The Balaban J connectivity index is 1.19. The zero-order valence-corrected chi connectivity index (χ0v) is 22.1. The van der Waals surface area contributed by atoms with Crippen LogP contribution in [0.25, 0.3) is 0 Å². The highest BCUT2D eigenvalue weighted by atomic mass is 16.5. The van der Waals surface area contributed by atoms with Gasteiger partial charge in [-0.05, 0) is 86.0 Å². The van der Waals surface area contributed by atoms with Crippen LogP contribution in [0.4, 0.5) is 0 Å². The van der Waals surface area contributed by atoms with Gasteiger partial charge in [-0.3, -0.25) is 19.2 Å². The molecule has 0 amide bonds. The Morgan fingerprint density at radius 1 is 1.05 bits per heavy atom. The van der Waals surface area contributed by atoms with E-state index in [2.05, 4.69) is 6.92 Å². The average Bonchev–Trinajstić information content (AvgIpc) is 3.55. The summed E-state index contributed by atoms with van der Waals surface area (Å²) in [6, 6.07) is 0. The predicted molar refractivity (Wildman–Crippen MR) is 134 cm³/mol. The van der Waals surface area contributed by atoms with Crippen LogP contribution >= 0.6 is 0 Å². The molecule has 206 valence electrons. The molecule has 0 heterocycles. The van der Waals surface area contributed by atoms with Gasteiger partial charge >= 0.3 is 11.9 Å². The van der Waals surface area contributed by atoms with Gasteiger partial charge in [0.05, 0.1) is 17.9 Å². The summed E-state index contributed by atoms with van der Waals surface area (Å²) in [6.45, 7) is 3.45. The van der Waals surface area contributed by atoms with Crippen molar-refractivity contribution in [3.63, 3.8) is 0 Å². The number of carboxylic acids is 1. The number of carboxylic acid groups (broad SMARTS) is 1. The van der Waals surface area contributed by atoms with Crippen molar-refractivity contribution in [2.45, 2.75) is 76.9 Å². The molecule has 6 aliphatic carbocycles. The van der Waals surface area contributed by atoms with Crippen LogP contribution in [0.5, 0.6) is 0 Å². The molecule has 2 bridgehead atoms. The van der Waals surface area contributed by atoms with E-state index in [4.69, 9.17) is 4.74 Å². The Morgan fingerprint density at radius 2 is 1.76 bits per heavy atom. The molecule has 8 heteroatoms. The number of fused-ring (bicyclic) bond motifs is 7. The molecule has 0 unspecified atom stereocenters. The van der Waals surface area contributed by atoms with Crippen molar-refractivity contribution >= 4 is 23.5 Å². The summed E-state index contributed by atoms with van der Waals surface area (Å²) < 4.78 is 5.41. The summed E-state index contributed by atoms with van der Waals surface area (Å²) in [5.41, 5.74) is -1.72. The van der Waals surface area contributed by atoms with E-state index in [0.29, 0.717) is 25.7 Å². The minimum Gasteiger partial charge on any atom is -0.481 e. The summed E-state index contributed by atoms with van der Waals surface area (Å²) in [4.78, 5) is 50.4. The first-order chi connectivity index (χ1) is 17.9. The largest absolute Gasteiger partial charge is 0.481 e. The van der Waals surface area contributed by atoms with Crippen molar-refractivity contribution in [3.05, 3.63) is 23.8 Å². The number of ether oxygens (including phenoxy) is 1. The molecule has 38 heavy (non-hydrogen) atoms. The van der Waals surface area contributed by atoms with Crippen molar-refractivity contribution in [1.82, 2.24) is 0 Å². The van der Waals surface area contributed by atoms with Crippen molar-refractivity contribution < 1.29 is 39.2 Å². The number of ketones is 2. The molecule has 0 aromatic heterocycles. The Labute approximate surface area is 222 Å². The summed E-state index contributed by atoms with van der Waals surface area (Å²) in [5, 5.41) is 33.0. The van der Waals surface area contributed by atoms with Crippen LogP contribution < -0.4 is 0 Å². The van der Waals surface area contributed by atoms with E-state index in [9.17, 15) is 34.5 Å². The highest BCUT2D eigenvalue weighted by Gasteiger charge is 2.68. The van der Waals surface area contributed by atoms with Crippen LogP contribution in [0, 0.1) is 52.3 Å². The predicted octanol–water partition coefficient (Wildman–Crippen LogP) is 2.86. The molecule has 0 aromatic rings. The number of rotatable bonds is 5. The molecule has 0 aromatic carbocycles. The van der Waals surface area contributed by atoms with E-state index in [1.165, 1.54) is 0 Å². The lowest BCUT2D eigenvalue weighted by molar-refractivity contribution is -0.185. The van der Waals surface area contributed by atoms with Crippen molar-refractivity contribution in [2.24, 2.45) is 52.3 Å². The van der Waals surface area contributed by atoms with Crippen LogP contribution in [-0.4, -0.2) is 57.1 Å². The Kier molecular flexibility index (Phi) is 5.86. The average molecular weight is 527 g/mol. The Morgan fingerprint density at radius 3 is 2.47 bits per heavy atom. The number of hydrogen-bond donors (Lipinski definition) is 3. The van der Waals surface area contributed by atoms with E-state index in [0.717, 1.165) is 18.4 Å². The third-order valence-electron chi connectivity index (χ3n) is 11.9.